The number of carboxylic acids is 1. The molecule has 0 saturated heterocycles. The summed E-state index contributed by atoms with van der Waals surface area (Å²) in [5.74, 6) is -3.44. The van der Waals surface area contributed by atoms with E-state index in [0.717, 1.165) is 27.8 Å². The van der Waals surface area contributed by atoms with Crippen molar-refractivity contribution < 1.29 is 23.5 Å². The Labute approximate surface area is 206 Å². The van der Waals surface area contributed by atoms with Crippen molar-refractivity contribution in [3.8, 4) is 11.3 Å². The molecule has 0 aliphatic carbocycles. The molecule has 0 amide bonds. The number of aliphatic carboxylic acids is 1. The first-order valence-electron chi connectivity index (χ1n) is 10.2. The molecule has 35 heavy (non-hydrogen) atoms. The van der Waals surface area contributed by atoms with E-state index < -0.39 is 35.6 Å². The van der Waals surface area contributed by atoms with E-state index >= 15 is 0 Å². The average Bonchev–Trinajstić information content (AvgIpc) is 3.43. The zero-order valence-corrected chi connectivity index (χ0v) is 19.4. The molecule has 0 saturated carbocycles. The van der Waals surface area contributed by atoms with Crippen molar-refractivity contribution in [2.75, 3.05) is 5.32 Å². The van der Waals surface area contributed by atoms with Gasteiger partial charge in [-0.25, -0.2) is 4.39 Å². The fraction of sp³-hybridized carbons (Fsp3) is 0.130. The van der Waals surface area contributed by atoms with Crippen molar-refractivity contribution in [3.63, 3.8) is 0 Å². The first kappa shape index (κ1) is 24.3. The molecule has 180 valence electrons. The molecule has 0 bridgehead atoms. The first-order chi connectivity index (χ1) is 16.7. The summed E-state index contributed by atoms with van der Waals surface area (Å²) in [4.78, 5) is 37.1. The normalized spacial score (nSPS) is 10.9. The highest BCUT2D eigenvalue weighted by Gasteiger charge is 2.21. The van der Waals surface area contributed by atoms with Gasteiger partial charge in [0.2, 0.25) is 0 Å². The lowest BCUT2D eigenvalue weighted by Crippen LogP contribution is -2.23. The summed E-state index contributed by atoms with van der Waals surface area (Å²) in [5.41, 5.74) is -0.831. The van der Waals surface area contributed by atoms with Crippen molar-refractivity contribution >= 4 is 40.6 Å². The smallest absolute Gasteiger partial charge is 0.305 e. The highest BCUT2D eigenvalue weighted by Crippen LogP contribution is 2.26. The van der Waals surface area contributed by atoms with E-state index in [-0.39, 0.29) is 35.7 Å². The summed E-state index contributed by atoms with van der Waals surface area (Å²) in [6.07, 6.45) is -0.428. The molecule has 0 atom stereocenters. The van der Waals surface area contributed by atoms with Crippen molar-refractivity contribution in [2.45, 2.75) is 19.5 Å². The number of benzene rings is 1. The number of halogens is 3. The second-order valence-electron chi connectivity index (χ2n) is 7.37. The number of hydrogen-bond donors (Lipinski definition) is 2. The van der Waals surface area contributed by atoms with E-state index in [4.69, 9.17) is 16.7 Å². The van der Waals surface area contributed by atoms with Gasteiger partial charge < -0.3 is 10.4 Å². The Bertz CT molecular complexity index is 1480. The predicted octanol–water partition coefficient (Wildman–Crippen LogP) is 4.48. The molecule has 3 aromatic heterocycles. The molecule has 0 radical (unpaired) electrons. The summed E-state index contributed by atoms with van der Waals surface area (Å²) in [6.45, 7) is -0.0606. The lowest BCUT2D eigenvalue weighted by atomic mass is 10.2. The van der Waals surface area contributed by atoms with Crippen LogP contribution in [0.5, 0.6) is 0 Å². The number of carbonyl (C=O) groups excluding carboxylic acids is 1. The topological polar surface area (TPSA) is 106 Å². The molecule has 1 aromatic carbocycles. The first-order valence-corrected chi connectivity index (χ1v) is 11.4. The van der Waals surface area contributed by atoms with Crippen LogP contribution in [0.2, 0.25) is 4.34 Å². The number of nitrogens with zero attached hydrogens (tertiary/aromatic N) is 3. The molecule has 2 N–H and O–H groups in total. The molecule has 0 aliphatic heterocycles. The van der Waals surface area contributed by atoms with E-state index in [1.165, 1.54) is 35.6 Å². The molecule has 0 unspecified atom stereocenters. The third kappa shape index (κ3) is 5.47. The average molecular weight is 519 g/mol. The highest BCUT2D eigenvalue weighted by atomic mass is 35.5. The van der Waals surface area contributed by atoms with Crippen molar-refractivity contribution in [1.82, 2.24) is 14.3 Å². The van der Waals surface area contributed by atoms with Crippen LogP contribution in [0.4, 0.5) is 14.6 Å². The number of thiophene rings is 1. The van der Waals surface area contributed by atoms with Crippen LogP contribution in [0.25, 0.3) is 11.3 Å². The lowest BCUT2D eigenvalue weighted by molar-refractivity contribution is -0.137. The van der Waals surface area contributed by atoms with Crippen LogP contribution in [0.1, 0.15) is 21.7 Å². The van der Waals surface area contributed by atoms with Gasteiger partial charge in [0, 0.05) is 35.2 Å². The number of hydrogen-bond acceptors (Lipinski definition) is 6. The standard InChI is InChI=1S/C23H17ClF2N4O4S/c24-18-6-5-14(35-18)12-27-20-11-17(28-30(20)23(34)15-3-1-2-4-16(15)25)13-9-19(26)29(21(31)10-13)8-7-22(32)33/h1-6,9-11,27H,7-8,12H2,(H,32,33). The molecule has 3 heterocycles. The van der Waals surface area contributed by atoms with Gasteiger partial charge >= 0.3 is 5.97 Å². The van der Waals surface area contributed by atoms with Crippen molar-refractivity contribution in [3.05, 3.63) is 91.5 Å². The second kappa shape index (κ2) is 10.2. The number of carboxylic acid groups (broad SMARTS) is 1. The number of pyridine rings is 1. The Hall–Kier alpha value is -3.83. The number of rotatable bonds is 8. The molecular formula is C23H17ClF2N4O4S. The summed E-state index contributed by atoms with van der Waals surface area (Å²) in [7, 11) is 0. The van der Waals surface area contributed by atoms with Crippen molar-refractivity contribution in [2.24, 2.45) is 0 Å². The Morgan fingerprint density at radius 3 is 2.54 bits per heavy atom. The van der Waals surface area contributed by atoms with Gasteiger partial charge in [0.1, 0.15) is 11.6 Å². The van der Waals surface area contributed by atoms with E-state index in [0.29, 0.717) is 8.90 Å². The van der Waals surface area contributed by atoms with Gasteiger partial charge in [0.05, 0.1) is 28.6 Å². The van der Waals surface area contributed by atoms with Gasteiger partial charge in [-0.2, -0.15) is 14.2 Å². The minimum atomic E-state index is -1.17. The summed E-state index contributed by atoms with van der Waals surface area (Å²) < 4.78 is 31.1. The highest BCUT2D eigenvalue weighted by molar-refractivity contribution is 7.16. The van der Waals surface area contributed by atoms with E-state index in [9.17, 15) is 23.2 Å². The van der Waals surface area contributed by atoms with Gasteiger partial charge in [0.25, 0.3) is 11.5 Å². The van der Waals surface area contributed by atoms with Gasteiger partial charge in [-0.15, -0.1) is 11.3 Å². The van der Waals surface area contributed by atoms with Crippen LogP contribution in [0.15, 0.2) is 59.4 Å². The molecule has 12 heteroatoms. The maximum Gasteiger partial charge on any atom is 0.305 e. The van der Waals surface area contributed by atoms with Crippen LogP contribution < -0.4 is 10.9 Å². The summed E-state index contributed by atoms with van der Waals surface area (Å²) in [5, 5.41) is 16.1. The van der Waals surface area contributed by atoms with Crippen LogP contribution >= 0.6 is 22.9 Å². The third-order valence-corrected chi connectivity index (χ3v) is 6.23. The Morgan fingerprint density at radius 1 is 1.11 bits per heavy atom. The SMILES string of the molecule is O=C(O)CCn1c(F)cc(-c2cc(NCc3ccc(Cl)s3)n(C(=O)c3ccccc3F)n2)cc1=O. The number of aromatic nitrogens is 3. The minimum absolute atomic E-state index is 0.0707. The van der Waals surface area contributed by atoms with Gasteiger partial charge in [0.15, 0.2) is 5.95 Å². The maximum atomic E-state index is 14.6. The zero-order valence-electron chi connectivity index (χ0n) is 17.9. The van der Waals surface area contributed by atoms with Gasteiger partial charge in [-0.3, -0.25) is 19.0 Å². The van der Waals surface area contributed by atoms with Crippen LogP contribution in [-0.4, -0.2) is 31.3 Å². The van der Waals surface area contributed by atoms with Gasteiger partial charge in [-0.1, -0.05) is 23.7 Å². The number of anilines is 1. The largest absolute Gasteiger partial charge is 0.481 e. The minimum Gasteiger partial charge on any atom is -0.481 e. The molecule has 0 spiro atoms. The quantitative estimate of drug-likeness (QED) is 0.333. The monoisotopic (exact) mass is 518 g/mol. The molecular weight excluding hydrogens is 502 g/mol. The Kier molecular flexibility index (Phi) is 7.08. The molecule has 0 fully saturated rings. The van der Waals surface area contributed by atoms with Crippen LogP contribution in [0, 0.1) is 11.8 Å². The summed E-state index contributed by atoms with van der Waals surface area (Å²) >= 11 is 7.29. The Morgan fingerprint density at radius 2 is 1.89 bits per heavy atom. The fourth-order valence-corrected chi connectivity index (χ4v) is 4.34. The fourth-order valence-electron chi connectivity index (χ4n) is 3.31. The van der Waals surface area contributed by atoms with E-state index in [2.05, 4.69) is 10.4 Å². The third-order valence-electron chi connectivity index (χ3n) is 5.00. The second-order valence-corrected chi connectivity index (χ2v) is 9.17. The Balaban J connectivity index is 1.72. The van der Waals surface area contributed by atoms with Crippen LogP contribution in [-0.2, 0) is 17.9 Å². The predicted molar refractivity (Wildman–Crippen MR) is 127 cm³/mol. The summed E-state index contributed by atoms with van der Waals surface area (Å²) in [6, 6.07) is 12.5. The van der Waals surface area contributed by atoms with Crippen molar-refractivity contribution in [1.29, 1.82) is 0 Å². The van der Waals surface area contributed by atoms with E-state index in [1.54, 1.807) is 12.1 Å². The number of nitrogens with one attached hydrogen (secondary N) is 1. The maximum absolute atomic E-state index is 14.6. The zero-order chi connectivity index (χ0) is 25.1. The van der Waals surface area contributed by atoms with E-state index in [1.807, 2.05) is 0 Å². The van der Waals surface area contributed by atoms with Gasteiger partial charge in [-0.05, 0) is 24.3 Å². The number of carbonyl (C=O) groups is 2. The van der Waals surface area contributed by atoms with Crippen LogP contribution in [0.3, 0.4) is 0 Å². The molecule has 4 rings (SSSR count). The molecule has 0 aliphatic rings. The lowest BCUT2D eigenvalue weighted by Gasteiger charge is -2.08. The molecule has 4 aromatic rings. The molecule has 8 nitrogen and oxygen atoms in total.